The summed E-state index contributed by atoms with van der Waals surface area (Å²) < 4.78 is 14.2. The fourth-order valence-corrected chi connectivity index (χ4v) is 1.96. The van der Waals surface area contributed by atoms with Crippen molar-refractivity contribution < 1.29 is 9.18 Å². The average molecular weight is 317 g/mol. The molecule has 1 unspecified atom stereocenters. The first-order valence-corrected chi connectivity index (χ1v) is 6.81. The molecule has 3 nitrogen and oxygen atoms in total. The molecule has 0 aliphatic carbocycles. The van der Waals surface area contributed by atoms with Gasteiger partial charge in [-0.05, 0) is 24.6 Å². The molecule has 3 N–H and O–H groups in total. The number of hydrogen-bond acceptors (Lipinski definition) is 2. The van der Waals surface area contributed by atoms with Gasteiger partial charge in [-0.1, -0.05) is 35.7 Å². The van der Waals surface area contributed by atoms with Gasteiger partial charge in [-0.15, -0.1) is 0 Å². The summed E-state index contributed by atoms with van der Waals surface area (Å²) >= 11 is 3.26. The van der Waals surface area contributed by atoms with E-state index in [1.165, 1.54) is 6.07 Å². The van der Waals surface area contributed by atoms with E-state index in [4.69, 9.17) is 5.73 Å². The largest absolute Gasteiger partial charge is 0.351 e. The molecule has 1 aromatic rings. The molecule has 0 aliphatic heterocycles. The summed E-state index contributed by atoms with van der Waals surface area (Å²) in [5.74, 6) is -0.566. The molecular formula is C13H18BrFN2O. The normalized spacial score (nSPS) is 12.2. The van der Waals surface area contributed by atoms with Crippen molar-refractivity contribution in [3.8, 4) is 0 Å². The van der Waals surface area contributed by atoms with Gasteiger partial charge >= 0.3 is 0 Å². The Balaban J connectivity index is 2.49. The SMILES string of the molecule is CCCCC(N)C(=O)NCc1cc(Br)ccc1F. The van der Waals surface area contributed by atoms with Crippen molar-refractivity contribution in [3.63, 3.8) is 0 Å². The number of benzene rings is 1. The summed E-state index contributed by atoms with van der Waals surface area (Å²) in [5, 5.41) is 2.65. The van der Waals surface area contributed by atoms with Gasteiger partial charge in [-0.25, -0.2) is 4.39 Å². The van der Waals surface area contributed by atoms with Gasteiger partial charge in [0.1, 0.15) is 5.82 Å². The number of rotatable bonds is 6. The smallest absolute Gasteiger partial charge is 0.237 e. The van der Waals surface area contributed by atoms with Crippen molar-refractivity contribution in [2.24, 2.45) is 5.73 Å². The van der Waals surface area contributed by atoms with Crippen LogP contribution >= 0.6 is 15.9 Å². The van der Waals surface area contributed by atoms with Gasteiger partial charge in [0.25, 0.3) is 0 Å². The van der Waals surface area contributed by atoms with Crippen LogP contribution in [0, 0.1) is 5.82 Å². The number of nitrogens with one attached hydrogen (secondary N) is 1. The zero-order valence-corrected chi connectivity index (χ0v) is 12.0. The van der Waals surface area contributed by atoms with Crippen LogP contribution in [-0.2, 0) is 11.3 Å². The fourth-order valence-electron chi connectivity index (χ4n) is 1.55. The lowest BCUT2D eigenvalue weighted by atomic mass is 10.1. The van der Waals surface area contributed by atoms with Crippen LogP contribution < -0.4 is 11.1 Å². The number of carbonyl (C=O) groups excluding carboxylic acids is 1. The zero-order valence-electron chi connectivity index (χ0n) is 10.4. The van der Waals surface area contributed by atoms with Crippen molar-refractivity contribution >= 4 is 21.8 Å². The van der Waals surface area contributed by atoms with E-state index in [0.717, 1.165) is 17.3 Å². The average Bonchev–Trinajstić information content (AvgIpc) is 2.36. The Bertz CT molecular complexity index is 412. The van der Waals surface area contributed by atoms with Crippen LogP contribution in [0.4, 0.5) is 4.39 Å². The van der Waals surface area contributed by atoms with Crippen molar-refractivity contribution in [1.82, 2.24) is 5.32 Å². The number of unbranched alkanes of at least 4 members (excludes halogenated alkanes) is 1. The molecule has 1 rings (SSSR count). The zero-order chi connectivity index (χ0) is 13.5. The molecule has 1 atom stereocenters. The predicted octanol–water partition coefficient (Wildman–Crippen LogP) is 2.72. The predicted molar refractivity (Wildman–Crippen MR) is 73.4 cm³/mol. The summed E-state index contributed by atoms with van der Waals surface area (Å²) in [6.07, 6.45) is 2.57. The lowest BCUT2D eigenvalue weighted by molar-refractivity contribution is -0.122. The molecule has 100 valence electrons. The van der Waals surface area contributed by atoms with Crippen molar-refractivity contribution in [3.05, 3.63) is 34.1 Å². The third-order valence-electron chi connectivity index (χ3n) is 2.67. The molecule has 1 amide bonds. The molecule has 0 heterocycles. The Hall–Kier alpha value is -0.940. The summed E-state index contributed by atoms with van der Waals surface area (Å²) in [6, 6.07) is 4.11. The third kappa shape index (κ3) is 4.74. The minimum Gasteiger partial charge on any atom is -0.351 e. The van der Waals surface area contributed by atoms with Gasteiger partial charge in [0.05, 0.1) is 6.04 Å². The van der Waals surface area contributed by atoms with E-state index in [0.29, 0.717) is 12.0 Å². The number of carbonyl (C=O) groups is 1. The van der Waals surface area contributed by atoms with Crippen LogP contribution in [0.2, 0.25) is 0 Å². The van der Waals surface area contributed by atoms with Gasteiger partial charge in [-0.3, -0.25) is 4.79 Å². The summed E-state index contributed by atoms with van der Waals surface area (Å²) in [7, 11) is 0. The van der Waals surface area contributed by atoms with E-state index < -0.39 is 6.04 Å². The first-order chi connectivity index (χ1) is 8.54. The number of nitrogens with two attached hydrogens (primary N) is 1. The lowest BCUT2D eigenvalue weighted by Gasteiger charge is -2.12. The van der Waals surface area contributed by atoms with Crippen LogP contribution in [0.25, 0.3) is 0 Å². The summed E-state index contributed by atoms with van der Waals surface area (Å²) in [5.41, 5.74) is 6.17. The highest BCUT2D eigenvalue weighted by Crippen LogP contribution is 2.15. The maximum Gasteiger partial charge on any atom is 0.237 e. The number of hydrogen-bond donors (Lipinski definition) is 2. The molecule has 5 heteroatoms. The number of amides is 1. The molecule has 0 radical (unpaired) electrons. The van der Waals surface area contributed by atoms with Gasteiger partial charge in [0.2, 0.25) is 5.91 Å². The van der Waals surface area contributed by atoms with Gasteiger partial charge in [0.15, 0.2) is 0 Å². The Morgan fingerprint density at radius 3 is 2.94 bits per heavy atom. The first kappa shape index (κ1) is 15.1. The molecule has 0 bridgehead atoms. The summed E-state index contributed by atoms with van der Waals surface area (Å²) in [6.45, 7) is 2.20. The van der Waals surface area contributed by atoms with Gasteiger partial charge in [-0.2, -0.15) is 0 Å². The maximum absolute atomic E-state index is 13.4. The molecule has 0 aliphatic rings. The van der Waals surface area contributed by atoms with E-state index in [1.807, 2.05) is 6.92 Å². The standard InChI is InChI=1S/C13H18BrFN2O/c1-2-3-4-12(16)13(18)17-8-9-7-10(14)5-6-11(9)15/h5-7,12H,2-4,8,16H2,1H3,(H,17,18). The van der Waals surface area contributed by atoms with Crippen molar-refractivity contribution in [2.45, 2.75) is 38.8 Å². The molecule has 0 spiro atoms. The maximum atomic E-state index is 13.4. The molecule has 0 fully saturated rings. The Morgan fingerprint density at radius 1 is 1.56 bits per heavy atom. The van der Waals surface area contributed by atoms with E-state index in [2.05, 4.69) is 21.2 Å². The van der Waals surface area contributed by atoms with E-state index in [1.54, 1.807) is 12.1 Å². The third-order valence-corrected chi connectivity index (χ3v) is 3.16. The Labute approximate surface area is 115 Å². The second-order valence-electron chi connectivity index (χ2n) is 4.20. The van der Waals surface area contributed by atoms with Crippen LogP contribution in [-0.4, -0.2) is 11.9 Å². The quantitative estimate of drug-likeness (QED) is 0.847. The first-order valence-electron chi connectivity index (χ1n) is 6.01. The summed E-state index contributed by atoms with van der Waals surface area (Å²) in [4.78, 5) is 11.6. The second kappa shape index (κ2) is 7.48. The van der Waals surface area contributed by atoms with Crippen molar-refractivity contribution in [1.29, 1.82) is 0 Å². The second-order valence-corrected chi connectivity index (χ2v) is 5.12. The van der Waals surface area contributed by atoms with E-state index >= 15 is 0 Å². The lowest BCUT2D eigenvalue weighted by Crippen LogP contribution is -2.40. The minimum absolute atomic E-state index is 0.157. The van der Waals surface area contributed by atoms with Crippen molar-refractivity contribution in [2.75, 3.05) is 0 Å². The minimum atomic E-state index is -0.514. The highest BCUT2D eigenvalue weighted by Gasteiger charge is 2.13. The van der Waals surface area contributed by atoms with Gasteiger partial charge < -0.3 is 11.1 Å². The highest BCUT2D eigenvalue weighted by molar-refractivity contribution is 9.10. The van der Waals surface area contributed by atoms with E-state index in [9.17, 15) is 9.18 Å². The van der Waals surface area contributed by atoms with Crippen LogP contribution in [0.1, 0.15) is 31.7 Å². The van der Waals surface area contributed by atoms with Crippen LogP contribution in [0.3, 0.4) is 0 Å². The fraction of sp³-hybridized carbons (Fsp3) is 0.462. The Morgan fingerprint density at radius 2 is 2.28 bits per heavy atom. The van der Waals surface area contributed by atoms with Crippen LogP contribution in [0.5, 0.6) is 0 Å². The monoisotopic (exact) mass is 316 g/mol. The molecule has 1 aromatic carbocycles. The topological polar surface area (TPSA) is 55.1 Å². The van der Waals surface area contributed by atoms with Gasteiger partial charge in [0, 0.05) is 16.6 Å². The molecular weight excluding hydrogens is 299 g/mol. The molecule has 0 saturated heterocycles. The number of halogens is 2. The Kier molecular flexibility index (Phi) is 6.29. The van der Waals surface area contributed by atoms with Crippen LogP contribution in [0.15, 0.2) is 22.7 Å². The highest BCUT2D eigenvalue weighted by atomic mass is 79.9. The molecule has 0 saturated carbocycles. The molecule has 18 heavy (non-hydrogen) atoms. The van der Waals surface area contributed by atoms with E-state index in [-0.39, 0.29) is 18.3 Å². The molecule has 0 aromatic heterocycles.